The standard InChI is InChI=1S/C14H21FN2O3S/c1-5-17-21(18,19)14(16-4)9-10-8-11(15)6-7-12(10)20-13(14,2)3/h6-8,16-17H,5,9H2,1-4H3. The minimum Gasteiger partial charge on any atom is -0.484 e. The molecule has 1 aliphatic heterocycles. The molecule has 0 saturated carbocycles. The lowest BCUT2D eigenvalue weighted by molar-refractivity contribution is 0.0295. The van der Waals surface area contributed by atoms with Gasteiger partial charge in [0.25, 0.3) is 0 Å². The van der Waals surface area contributed by atoms with Gasteiger partial charge in [0.05, 0.1) is 0 Å². The second-order valence-corrected chi connectivity index (χ2v) is 7.61. The SMILES string of the molecule is CCNS(=O)(=O)C1(NC)Cc2cc(F)ccc2OC1(C)C. The van der Waals surface area contributed by atoms with Crippen LogP contribution in [0.5, 0.6) is 5.75 Å². The highest BCUT2D eigenvalue weighted by Gasteiger charge is 2.58. The van der Waals surface area contributed by atoms with Crippen LogP contribution in [0.3, 0.4) is 0 Å². The normalized spacial score (nSPS) is 24.2. The van der Waals surface area contributed by atoms with E-state index in [1.807, 2.05) is 0 Å². The number of hydrogen-bond donors (Lipinski definition) is 2. The average molecular weight is 316 g/mol. The fourth-order valence-electron chi connectivity index (χ4n) is 2.88. The lowest BCUT2D eigenvalue weighted by atomic mass is 9.88. The number of halogens is 1. The first-order valence-electron chi connectivity index (χ1n) is 6.84. The molecule has 0 bridgehead atoms. The fourth-order valence-corrected chi connectivity index (χ4v) is 4.81. The van der Waals surface area contributed by atoms with E-state index in [0.29, 0.717) is 11.3 Å². The summed E-state index contributed by atoms with van der Waals surface area (Å²) >= 11 is 0. The van der Waals surface area contributed by atoms with E-state index in [1.165, 1.54) is 18.2 Å². The summed E-state index contributed by atoms with van der Waals surface area (Å²) in [4.78, 5) is -1.38. The van der Waals surface area contributed by atoms with E-state index in [0.717, 1.165) is 0 Å². The van der Waals surface area contributed by atoms with Crippen LogP contribution in [0.1, 0.15) is 26.3 Å². The topological polar surface area (TPSA) is 67.4 Å². The lowest BCUT2D eigenvalue weighted by Gasteiger charge is -2.48. The van der Waals surface area contributed by atoms with Gasteiger partial charge in [-0.25, -0.2) is 17.5 Å². The van der Waals surface area contributed by atoms with E-state index in [9.17, 15) is 12.8 Å². The molecular formula is C14H21FN2O3S. The molecule has 2 N–H and O–H groups in total. The van der Waals surface area contributed by atoms with Gasteiger partial charge in [-0.2, -0.15) is 0 Å². The van der Waals surface area contributed by atoms with E-state index >= 15 is 0 Å². The van der Waals surface area contributed by atoms with E-state index in [4.69, 9.17) is 4.74 Å². The zero-order chi connectivity index (χ0) is 15.9. The van der Waals surface area contributed by atoms with Crippen molar-refractivity contribution in [2.45, 2.75) is 37.7 Å². The highest BCUT2D eigenvalue weighted by Crippen LogP contribution is 2.42. The first kappa shape index (κ1) is 16.2. The van der Waals surface area contributed by atoms with Crippen LogP contribution in [0.25, 0.3) is 0 Å². The summed E-state index contributed by atoms with van der Waals surface area (Å²) in [6, 6.07) is 4.16. The first-order chi connectivity index (χ1) is 9.69. The predicted octanol–water partition coefficient (Wildman–Crippen LogP) is 1.39. The predicted molar refractivity (Wildman–Crippen MR) is 79.2 cm³/mol. The summed E-state index contributed by atoms with van der Waals surface area (Å²) in [5.74, 6) is 0.0990. The van der Waals surface area contributed by atoms with Crippen molar-refractivity contribution in [3.05, 3.63) is 29.6 Å². The number of nitrogens with one attached hydrogen (secondary N) is 2. The second kappa shape index (κ2) is 5.23. The molecular weight excluding hydrogens is 295 g/mol. The molecule has 0 aliphatic carbocycles. The Morgan fingerprint density at radius 2 is 2.05 bits per heavy atom. The zero-order valence-electron chi connectivity index (χ0n) is 12.7. The van der Waals surface area contributed by atoms with Crippen molar-refractivity contribution in [2.24, 2.45) is 0 Å². The Bertz CT molecular complexity index is 646. The maximum Gasteiger partial charge on any atom is 0.234 e. The molecule has 1 aliphatic rings. The molecule has 7 heteroatoms. The number of likely N-dealkylation sites (N-methyl/N-ethyl adjacent to an activating group) is 1. The summed E-state index contributed by atoms with van der Waals surface area (Å²) in [7, 11) is -2.14. The van der Waals surface area contributed by atoms with Gasteiger partial charge in [-0.3, -0.25) is 5.32 Å². The number of sulfonamides is 1. The van der Waals surface area contributed by atoms with Crippen molar-refractivity contribution in [3.63, 3.8) is 0 Å². The molecule has 0 aromatic heterocycles. The molecule has 1 atom stereocenters. The fraction of sp³-hybridized carbons (Fsp3) is 0.571. The van der Waals surface area contributed by atoms with Crippen molar-refractivity contribution >= 4 is 10.0 Å². The van der Waals surface area contributed by atoms with Crippen molar-refractivity contribution in [1.29, 1.82) is 0 Å². The summed E-state index contributed by atoms with van der Waals surface area (Å²) in [6.07, 6.45) is 0.124. The van der Waals surface area contributed by atoms with Gasteiger partial charge in [0.1, 0.15) is 17.2 Å². The molecule has 2 rings (SSSR count). The number of benzene rings is 1. The lowest BCUT2D eigenvalue weighted by Crippen LogP contribution is -2.71. The molecule has 1 aromatic carbocycles. The average Bonchev–Trinajstić information content (AvgIpc) is 2.37. The number of ether oxygens (including phenoxy) is 1. The quantitative estimate of drug-likeness (QED) is 0.881. The van der Waals surface area contributed by atoms with Crippen LogP contribution in [-0.4, -0.2) is 32.5 Å². The van der Waals surface area contributed by atoms with Crippen molar-refractivity contribution in [1.82, 2.24) is 10.0 Å². The van der Waals surface area contributed by atoms with Gasteiger partial charge >= 0.3 is 0 Å². The third kappa shape index (κ3) is 2.43. The highest BCUT2D eigenvalue weighted by atomic mass is 32.2. The van der Waals surface area contributed by atoms with E-state index in [2.05, 4.69) is 10.0 Å². The van der Waals surface area contributed by atoms with E-state index in [-0.39, 0.29) is 13.0 Å². The number of rotatable bonds is 4. The third-order valence-corrected chi connectivity index (χ3v) is 6.42. The van der Waals surface area contributed by atoms with E-state index < -0.39 is 26.3 Å². The molecule has 1 unspecified atom stereocenters. The van der Waals surface area contributed by atoms with Crippen molar-refractivity contribution in [2.75, 3.05) is 13.6 Å². The third-order valence-electron chi connectivity index (χ3n) is 4.00. The molecule has 5 nitrogen and oxygen atoms in total. The van der Waals surface area contributed by atoms with Gasteiger partial charge < -0.3 is 4.74 Å². The Morgan fingerprint density at radius 1 is 1.38 bits per heavy atom. The molecule has 0 amide bonds. The number of fused-ring (bicyclic) bond motifs is 1. The van der Waals surface area contributed by atoms with Gasteiger partial charge in [-0.15, -0.1) is 0 Å². The second-order valence-electron chi connectivity index (χ2n) is 5.62. The van der Waals surface area contributed by atoms with Crippen LogP contribution >= 0.6 is 0 Å². The van der Waals surface area contributed by atoms with Gasteiger partial charge in [0.15, 0.2) is 4.87 Å². The van der Waals surface area contributed by atoms with Crippen LogP contribution in [0, 0.1) is 5.82 Å². The Hall–Kier alpha value is -1.18. The Labute approximate surface area is 124 Å². The zero-order valence-corrected chi connectivity index (χ0v) is 13.5. The van der Waals surface area contributed by atoms with E-state index in [1.54, 1.807) is 27.8 Å². The van der Waals surface area contributed by atoms with Crippen molar-refractivity contribution < 1.29 is 17.5 Å². The summed E-state index contributed by atoms with van der Waals surface area (Å²) in [6.45, 7) is 5.42. The highest BCUT2D eigenvalue weighted by molar-refractivity contribution is 7.91. The van der Waals surface area contributed by atoms with Crippen molar-refractivity contribution in [3.8, 4) is 5.75 Å². The van der Waals surface area contributed by atoms with Crippen LogP contribution < -0.4 is 14.8 Å². The molecule has 118 valence electrons. The van der Waals surface area contributed by atoms with Gasteiger partial charge in [0.2, 0.25) is 10.0 Å². The molecule has 0 spiro atoms. The van der Waals surface area contributed by atoms with Gasteiger partial charge in [-0.1, -0.05) is 6.92 Å². The smallest absolute Gasteiger partial charge is 0.234 e. The monoisotopic (exact) mass is 316 g/mol. The Kier molecular flexibility index (Phi) is 4.03. The molecule has 0 radical (unpaired) electrons. The largest absolute Gasteiger partial charge is 0.484 e. The maximum absolute atomic E-state index is 13.4. The Morgan fingerprint density at radius 3 is 2.62 bits per heavy atom. The molecule has 0 saturated heterocycles. The summed E-state index contributed by atoms with van der Waals surface area (Å²) < 4.78 is 47.2. The Balaban J connectivity index is 2.61. The molecule has 1 aromatic rings. The molecule has 1 heterocycles. The molecule has 21 heavy (non-hydrogen) atoms. The van der Waals surface area contributed by atoms with Gasteiger partial charge in [-0.05, 0) is 39.1 Å². The van der Waals surface area contributed by atoms with Crippen LogP contribution in [0.2, 0.25) is 0 Å². The first-order valence-corrected chi connectivity index (χ1v) is 8.33. The molecule has 0 fully saturated rings. The van der Waals surface area contributed by atoms with Crippen LogP contribution in [0.4, 0.5) is 4.39 Å². The summed E-state index contributed by atoms with van der Waals surface area (Å²) in [5, 5.41) is 2.90. The maximum atomic E-state index is 13.4. The minimum absolute atomic E-state index is 0.124. The van der Waals surface area contributed by atoms with Gasteiger partial charge in [0, 0.05) is 18.5 Å². The van der Waals surface area contributed by atoms with Crippen LogP contribution in [0.15, 0.2) is 18.2 Å². The number of hydrogen-bond acceptors (Lipinski definition) is 4. The minimum atomic E-state index is -3.72. The van der Waals surface area contributed by atoms with Crippen LogP contribution in [-0.2, 0) is 16.4 Å². The summed E-state index contributed by atoms with van der Waals surface area (Å²) in [5.41, 5.74) is -0.488.